The van der Waals surface area contributed by atoms with Crippen LogP contribution < -0.4 is 9.80 Å². The van der Waals surface area contributed by atoms with Crippen LogP contribution in [0.1, 0.15) is 65.3 Å². The van der Waals surface area contributed by atoms with Crippen LogP contribution in [0.15, 0.2) is 84.9 Å². The minimum atomic E-state index is -4.24. The summed E-state index contributed by atoms with van der Waals surface area (Å²) in [7, 11) is 0. The fraction of sp³-hybridized carbons (Fsp3) is 0.282. The Kier molecular flexibility index (Phi) is 8.85. The predicted octanol–water partition coefficient (Wildman–Crippen LogP) is 14.0. The molecule has 0 saturated heterocycles. The molecule has 6 aromatic rings. The van der Waals surface area contributed by atoms with Crippen LogP contribution in [0, 0.1) is 0 Å². The van der Waals surface area contributed by atoms with Crippen molar-refractivity contribution in [2.75, 3.05) is 9.80 Å². The number of aryl methyl sites for hydroxylation is 3. The average molecular weight is 719 g/mol. The number of nitrogens with zero attached hydrogens (tertiary/aromatic N) is 2. The molecule has 0 fully saturated rings. The molecular formula is C39H37F3N2S4. The van der Waals surface area contributed by atoms with Crippen LogP contribution in [-0.4, -0.2) is 6.18 Å². The highest BCUT2D eigenvalue weighted by atomic mass is 32.1. The Balaban J connectivity index is 1.30. The molecule has 1 aliphatic rings. The van der Waals surface area contributed by atoms with Gasteiger partial charge in [0.1, 0.15) is 20.0 Å². The van der Waals surface area contributed by atoms with E-state index in [4.69, 9.17) is 0 Å². The minimum Gasteiger partial charge on any atom is -0.293 e. The summed E-state index contributed by atoms with van der Waals surface area (Å²) in [5.41, 5.74) is 6.74. The van der Waals surface area contributed by atoms with E-state index in [-0.39, 0.29) is 5.41 Å². The van der Waals surface area contributed by atoms with Crippen molar-refractivity contribution < 1.29 is 13.2 Å². The van der Waals surface area contributed by atoms with E-state index >= 15 is 0 Å². The Bertz CT molecular complexity index is 2030. The summed E-state index contributed by atoms with van der Waals surface area (Å²) >= 11 is 6.59. The van der Waals surface area contributed by atoms with Crippen LogP contribution in [0.5, 0.6) is 0 Å². The predicted molar refractivity (Wildman–Crippen MR) is 203 cm³/mol. The second-order valence-electron chi connectivity index (χ2n) is 12.6. The molecule has 0 amide bonds. The first-order chi connectivity index (χ1) is 23.0. The lowest BCUT2D eigenvalue weighted by molar-refractivity contribution is -0.126. The average Bonchev–Trinajstić information content (AvgIpc) is 3.90. The van der Waals surface area contributed by atoms with Crippen molar-refractivity contribution in [1.82, 2.24) is 0 Å². The Labute approximate surface area is 296 Å². The molecule has 0 saturated carbocycles. The van der Waals surface area contributed by atoms with Crippen LogP contribution in [0.25, 0.3) is 11.1 Å². The van der Waals surface area contributed by atoms with Gasteiger partial charge >= 0.3 is 6.18 Å². The second kappa shape index (κ2) is 12.8. The van der Waals surface area contributed by atoms with E-state index in [1.807, 2.05) is 28.7 Å². The number of anilines is 6. The first kappa shape index (κ1) is 33.1. The van der Waals surface area contributed by atoms with Crippen molar-refractivity contribution in [3.05, 3.63) is 116 Å². The smallest absolute Gasteiger partial charge is 0.293 e. The molecule has 2 aromatic carbocycles. The summed E-state index contributed by atoms with van der Waals surface area (Å²) in [4.78, 5) is 8.81. The highest BCUT2D eigenvalue weighted by molar-refractivity contribution is 7.19. The maximum Gasteiger partial charge on any atom is 0.393 e. The zero-order chi connectivity index (χ0) is 33.8. The van der Waals surface area contributed by atoms with E-state index in [1.165, 1.54) is 58.2 Å². The number of hydrogen-bond acceptors (Lipinski definition) is 6. The Morgan fingerprint density at radius 2 is 0.875 bits per heavy atom. The molecule has 0 spiro atoms. The number of fused-ring (bicyclic) bond motifs is 3. The van der Waals surface area contributed by atoms with Gasteiger partial charge in [0.25, 0.3) is 0 Å². The summed E-state index contributed by atoms with van der Waals surface area (Å²) in [5.74, 6) is 0. The summed E-state index contributed by atoms with van der Waals surface area (Å²) in [5, 5.41) is 4.22. The highest BCUT2D eigenvalue weighted by Crippen LogP contribution is 2.54. The number of benzene rings is 2. The van der Waals surface area contributed by atoms with E-state index in [2.05, 4.69) is 117 Å². The molecule has 0 bridgehead atoms. The van der Waals surface area contributed by atoms with Crippen molar-refractivity contribution in [1.29, 1.82) is 0 Å². The normalized spacial score (nSPS) is 13.5. The zero-order valence-corrected chi connectivity index (χ0v) is 30.8. The SMILES string of the molecule is CCc1ccc(N(c2ccc3c(c2)C(C)(C)c2cc(N(c4ccc(CC)s4)c4ccc(CC(F)(F)F)s4)ccc2-3)c2ccc(CC)s2)s1. The lowest BCUT2D eigenvalue weighted by Gasteiger charge is -2.27. The Morgan fingerprint density at radius 1 is 0.521 bits per heavy atom. The molecule has 2 nitrogen and oxygen atoms in total. The Morgan fingerprint density at radius 3 is 1.21 bits per heavy atom. The van der Waals surface area contributed by atoms with E-state index in [0.717, 1.165) is 40.6 Å². The van der Waals surface area contributed by atoms with Gasteiger partial charge in [-0.2, -0.15) is 13.2 Å². The molecule has 0 aliphatic heterocycles. The summed E-state index contributed by atoms with van der Waals surface area (Å²) in [6.45, 7) is 11.1. The standard InChI is InChI=1S/C39H37F3N2S4/c1-6-26-11-17-34(45-26)43(35-18-12-27(7-2)46-35)24-9-15-30-31-16-10-25(22-33(31)38(4,5)32(30)21-24)44(36-19-13-28(8-3)47-36)37-20-14-29(48-37)23-39(40,41)42/h9-22H,6-8,23H2,1-5H3. The van der Waals surface area contributed by atoms with E-state index in [0.29, 0.717) is 4.88 Å². The molecule has 4 aromatic heterocycles. The second-order valence-corrected chi connectivity index (χ2v) is 17.2. The number of halogens is 3. The van der Waals surface area contributed by atoms with Crippen LogP contribution in [0.4, 0.5) is 44.6 Å². The fourth-order valence-corrected chi connectivity index (χ4v) is 10.7. The number of thiophene rings is 4. The molecule has 0 atom stereocenters. The van der Waals surface area contributed by atoms with E-state index in [1.54, 1.807) is 17.4 Å². The van der Waals surface area contributed by atoms with Crippen molar-refractivity contribution in [2.24, 2.45) is 0 Å². The highest BCUT2D eigenvalue weighted by Gasteiger charge is 2.37. The third kappa shape index (κ3) is 6.15. The molecular weight excluding hydrogens is 682 g/mol. The first-order valence-corrected chi connectivity index (χ1v) is 19.6. The maximum atomic E-state index is 13.3. The lowest BCUT2D eigenvalue weighted by atomic mass is 9.82. The van der Waals surface area contributed by atoms with Crippen LogP contribution in [0.3, 0.4) is 0 Å². The van der Waals surface area contributed by atoms with Gasteiger partial charge in [0.2, 0.25) is 0 Å². The molecule has 0 unspecified atom stereocenters. The van der Waals surface area contributed by atoms with Gasteiger partial charge in [-0.05, 0) is 114 Å². The quantitative estimate of drug-likeness (QED) is 0.139. The maximum absolute atomic E-state index is 13.3. The van der Waals surface area contributed by atoms with Crippen LogP contribution >= 0.6 is 45.3 Å². The topological polar surface area (TPSA) is 6.48 Å². The summed E-state index contributed by atoms with van der Waals surface area (Å²) in [6, 6.07) is 30.0. The first-order valence-electron chi connectivity index (χ1n) is 16.3. The van der Waals surface area contributed by atoms with Gasteiger partial charge in [-0.3, -0.25) is 9.80 Å². The van der Waals surface area contributed by atoms with E-state index in [9.17, 15) is 13.2 Å². The van der Waals surface area contributed by atoms with Gasteiger partial charge in [0.05, 0.1) is 6.42 Å². The van der Waals surface area contributed by atoms with Gasteiger partial charge in [0.15, 0.2) is 0 Å². The van der Waals surface area contributed by atoms with Gasteiger partial charge in [-0.15, -0.1) is 45.3 Å². The molecule has 248 valence electrons. The molecule has 48 heavy (non-hydrogen) atoms. The molecule has 0 radical (unpaired) electrons. The number of rotatable bonds is 10. The number of hydrogen-bond donors (Lipinski definition) is 0. The van der Waals surface area contributed by atoms with Crippen molar-refractivity contribution >= 4 is 76.7 Å². The van der Waals surface area contributed by atoms with Crippen LogP contribution in [-0.2, 0) is 31.1 Å². The molecule has 7 rings (SSSR count). The van der Waals surface area contributed by atoms with Crippen molar-refractivity contribution in [3.8, 4) is 11.1 Å². The molecule has 0 N–H and O–H groups in total. The van der Waals surface area contributed by atoms with Gasteiger partial charge in [0, 0.05) is 36.3 Å². The van der Waals surface area contributed by atoms with E-state index < -0.39 is 12.6 Å². The lowest BCUT2D eigenvalue weighted by Crippen LogP contribution is -2.17. The van der Waals surface area contributed by atoms with Crippen molar-refractivity contribution in [3.63, 3.8) is 0 Å². The molecule has 4 heterocycles. The number of alkyl halides is 3. The van der Waals surface area contributed by atoms with Gasteiger partial charge in [-0.25, -0.2) is 0 Å². The van der Waals surface area contributed by atoms with Gasteiger partial charge in [-0.1, -0.05) is 46.8 Å². The van der Waals surface area contributed by atoms with Crippen molar-refractivity contribution in [2.45, 2.75) is 71.9 Å². The third-order valence-electron chi connectivity index (χ3n) is 9.05. The fourth-order valence-electron chi connectivity index (χ4n) is 6.53. The summed E-state index contributed by atoms with van der Waals surface area (Å²) < 4.78 is 39.9. The monoisotopic (exact) mass is 718 g/mol. The van der Waals surface area contributed by atoms with Gasteiger partial charge < -0.3 is 0 Å². The summed E-state index contributed by atoms with van der Waals surface area (Å²) in [6.07, 6.45) is -2.24. The minimum absolute atomic E-state index is 0.289. The molecule has 9 heteroatoms. The largest absolute Gasteiger partial charge is 0.393 e. The third-order valence-corrected chi connectivity index (χ3v) is 13.8. The van der Waals surface area contributed by atoms with Crippen LogP contribution in [0.2, 0.25) is 0 Å². The Hall–Kier alpha value is -3.37. The molecule has 1 aliphatic carbocycles. The zero-order valence-electron chi connectivity index (χ0n) is 27.6.